The van der Waals surface area contributed by atoms with Gasteiger partial charge in [-0.05, 0) is 25.5 Å². The van der Waals surface area contributed by atoms with E-state index in [-0.39, 0.29) is 25.4 Å². The van der Waals surface area contributed by atoms with Gasteiger partial charge >= 0.3 is 11.9 Å². The quantitative estimate of drug-likeness (QED) is 0.325. The molecule has 1 atom stereocenters. The molecule has 1 heterocycles. The smallest absolute Gasteiger partial charge is 0.320 e. The minimum absolute atomic E-state index is 0.0336. The van der Waals surface area contributed by atoms with Gasteiger partial charge in [0.05, 0.1) is 13.2 Å². The second-order valence-electron chi connectivity index (χ2n) is 6.87. The van der Waals surface area contributed by atoms with Gasteiger partial charge < -0.3 is 14.5 Å². The van der Waals surface area contributed by atoms with Crippen LogP contribution in [0.2, 0.25) is 0 Å². The molecule has 3 aromatic rings. The fourth-order valence-corrected chi connectivity index (χ4v) is 3.63. The number of hydrogen-bond acceptors (Lipinski definition) is 5. The number of para-hydroxylation sites is 1. The number of Topliss-reactive ketones (excluding diaryl/α,β-unsaturated/α-hetero) is 1. The van der Waals surface area contributed by atoms with Crippen LogP contribution < -0.4 is 0 Å². The highest BCUT2D eigenvalue weighted by atomic mass is 16.6. The van der Waals surface area contributed by atoms with Crippen LogP contribution in [-0.4, -0.2) is 35.9 Å². The molecule has 2 aromatic carbocycles. The zero-order chi connectivity index (χ0) is 21.5. The molecule has 156 valence electrons. The van der Waals surface area contributed by atoms with Gasteiger partial charge in [-0.3, -0.25) is 14.4 Å². The van der Waals surface area contributed by atoms with Crippen molar-refractivity contribution in [1.82, 2.24) is 4.98 Å². The highest BCUT2D eigenvalue weighted by Crippen LogP contribution is 2.33. The minimum atomic E-state index is -1.22. The van der Waals surface area contributed by atoms with Gasteiger partial charge in [0.15, 0.2) is 11.7 Å². The van der Waals surface area contributed by atoms with E-state index in [0.717, 1.165) is 10.9 Å². The Hall–Kier alpha value is -3.41. The van der Waals surface area contributed by atoms with E-state index in [1.807, 2.05) is 42.5 Å². The molecule has 0 radical (unpaired) electrons. The lowest BCUT2D eigenvalue weighted by molar-refractivity contribution is -0.162. The Kier molecular flexibility index (Phi) is 7.01. The predicted octanol–water partition coefficient (Wildman–Crippen LogP) is 4.27. The summed E-state index contributed by atoms with van der Waals surface area (Å²) in [5.41, 5.74) is 2.08. The lowest BCUT2D eigenvalue weighted by atomic mass is 9.81. The van der Waals surface area contributed by atoms with E-state index < -0.39 is 23.8 Å². The maximum atomic E-state index is 13.2. The first-order valence-corrected chi connectivity index (χ1v) is 10.0. The van der Waals surface area contributed by atoms with Crippen molar-refractivity contribution in [2.45, 2.75) is 26.2 Å². The molecule has 1 aromatic heterocycles. The number of carbonyl (C=O) groups excluding carboxylic acids is 3. The number of ketones is 1. The molecule has 0 fully saturated rings. The number of fused-ring (bicyclic) bond motifs is 1. The van der Waals surface area contributed by atoms with Crippen LogP contribution in [0.1, 0.15) is 42.1 Å². The van der Waals surface area contributed by atoms with Crippen molar-refractivity contribution in [2.24, 2.45) is 5.92 Å². The second kappa shape index (κ2) is 9.87. The molecule has 1 unspecified atom stereocenters. The van der Waals surface area contributed by atoms with E-state index in [2.05, 4.69) is 4.98 Å². The standard InChI is InChI=1S/C24H25NO5/c1-3-29-23(27)22(24(28)30-4-2)18(16-10-6-5-7-11-16)14-21(26)19-15-25-20-13-9-8-12-17(19)20/h5-13,15,18,22,25H,3-4,14H2,1-2H3. The number of aromatic amines is 1. The number of carbonyl (C=O) groups is 3. The molecule has 6 heteroatoms. The summed E-state index contributed by atoms with van der Waals surface area (Å²) >= 11 is 0. The number of hydrogen-bond donors (Lipinski definition) is 1. The number of rotatable bonds is 9. The monoisotopic (exact) mass is 407 g/mol. The minimum Gasteiger partial charge on any atom is -0.465 e. The maximum absolute atomic E-state index is 13.2. The lowest BCUT2D eigenvalue weighted by Crippen LogP contribution is -2.34. The summed E-state index contributed by atoms with van der Waals surface area (Å²) in [6.07, 6.45) is 1.63. The highest BCUT2D eigenvalue weighted by molar-refractivity contribution is 6.08. The van der Waals surface area contributed by atoms with Crippen LogP contribution in [0.3, 0.4) is 0 Å². The molecule has 0 saturated heterocycles. The van der Waals surface area contributed by atoms with E-state index in [4.69, 9.17) is 9.47 Å². The van der Waals surface area contributed by atoms with Crippen molar-refractivity contribution in [3.05, 3.63) is 71.9 Å². The van der Waals surface area contributed by atoms with Crippen molar-refractivity contribution in [3.8, 4) is 0 Å². The van der Waals surface area contributed by atoms with Crippen LogP contribution in [0.4, 0.5) is 0 Å². The van der Waals surface area contributed by atoms with E-state index in [1.54, 1.807) is 32.2 Å². The van der Waals surface area contributed by atoms with Gasteiger partial charge in [-0.1, -0.05) is 48.5 Å². The fraction of sp³-hybridized carbons (Fsp3) is 0.292. The summed E-state index contributed by atoms with van der Waals surface area (Å²) in [7, 11) is 0. The van der Waals surface area contributed by atoms with E-state index in [1.165, 1.54) is 0 Å². The number of ether oxygens (including phenoxy) is 2. The number of nitrogens with one attached hydrogen (secondary N) is 1. The van der Waals surface area contributed by atoms with Crippen molar-refractivity contribution in [2.75, 3.05) is 13.2 Å². The van der Waals surface area contributed by atoms with E-state index in [0.29, 0.717) is 11.1 Å². The summed E-state index contributed by atoms with van der Waals surface area (Å²) in [6, 6.07) is 16.6. The van der Waals surface area contributed by atoms with Crippen LogP contribution in [0, 0.1) is 5.92 Å². The first-order valence-electron chi connectivity index (χ1n) is 10.0. The van der Waals surface area contributed by atoms with Gasteiger partial charge in [0, 0.05) is 35.0 Å². The summed E-state index contributed by atoms with van der Waals surface area (Å²) in [4.78, 5) is 41.8. The molecule has 0 bridgehead atoms. The molecule has 0 spiro atoms. The molecular formula is C24H25NO5. The molecule has 0 saturated carbocycles. The average Bonchev–Trinajstić information content (AvgIpc) is 3.18. The first-order chi connectivity index (χ1) is 14.6. The first kappa shape index (κ1) is 21.3. The van der Waals surface area contributed by atoms with Gasteiger partial charge in [0.25, 0.3) is 0 Å². The molecule has 0 amide bonds. The highest BCUT2D eigenvalue weighted by Gasteiger charge is 2.39. The van der Waals surface area contributed by atoms with Gasteiger partial charge in [-0.15, -0.1) is 0 Å². The Morgan fingerprint density at radius 2 is 1.47 bits per heavy atom. The number of H-pyrrole nitrogens is 1. The van der Waals surface area contributed by atoms with Gasteiger partial charge in [0.2, 0.25) is 0 Å². The summed E-state index contributed by atoms with van der Waals surface area (Å²) < 4.78 is 10.3. The Morgan fingerprint density at radius 1 is 0.867 bits per heavy atom. The van der Waals surface area contributed by atoms with Crippen molar-refractivity contribution < 1.29 is 23.9 Å². The summed E-state index contributed by atoms with van der Waals surface area (Å²) in [5.74, 6) is -3.46. The van der Waals surface area contributed by atoms with Crippen molar-refractivity contribution in [1.29, 1.82) is 0 Å². The van der Waals surface area contributed by atoms with Crippen molar-refractivity contribution in [3.63, 3.8) is 0 Å². The third kappa shape index (κ3) is 4.59. The predicted molar refractivity (Wildman–Crippen MR) is 113 cm³/mol. The Bertz CT molecular complexity index is 1010. The zero-order valence-electron chi connectivity index (χ0n) is 17.1. The molecule has 6 nitrogen and oxygen atoms in total. The molecule has 0 aliphatic carbocycles. The number of aromatic nitrogens is 1. The Balaban J connectivity index is 2.00. The SMILES string of the molecule is CCOC(=O)C(C(=O)OCC)C(CC(=O)c1c[nH]c2ccccc12)c1ccccc1. The molecular weight excluding hydrogens is 382 g/mol. The maximum Gasteiger partial charge on any atom is 0.320 e. The molecule has 0 aliphatic rings. The van der Waals surface area contributed by atoms with Gasteiger partial charge in [-0.2, -0.15) is 0 Å². The molecule has 1 N–H and O–H groups in total. The lowest BCUT2D eigenvalue weighted by Gasteiger charge is -2.24. The van der Waals surface area contributed by atoms with Crippen molar-refractivity contribution >= 4 is 28.6 Å². The number of esters is 2. The molecule has 0 aliphatic heterocycles. The third-order valence-corrected chi connectivity index (χ3v) is 5.01. The van der Waals surface area contributed by atoms with Crippen LogP contribution >= 0.6 is 0 Å². The van der Waals surface area contributed by atoms with E-state index >= 15 is 0 Å². The zero-order valence-corrected chi connectivity index (χ0v) is 17.1. The van der Waals surface area contributed by atoms with Gasteiger partial charge in [0.1, 0.15) is 0 Å². The second-order valence-corrected chi connectivity index (χ2v) is 6.87. The molecule has 30 heavy (non-hydrogen) atoms. The van der Waals surface area contributed by atoms with Crippen LogP contribution in [0.5, 0.6) is 0 Å². The van der Waals surface area contributed by atoms with Gasteiger partial charge in [-0.25, -0.2) is 0 Å². The topological polar surface area (TPSA) is 85.5 Å². The number of benzene rings is 2. The van der Waals surface area contributed by atoms with E-state index in [9.17, 15) is 14.4 Å². The summed E-state index contributed by atoms with van der Waals surface area (Å²) in [6.45, 7) is 3.61. The van der Waals surface area contributed by atoms with Crippen LogP contribution in [0.15, 0.2) is 60.8 Å². The largest absolute Gasteiger partial charge is 0.465 e. The van der Waals surface area contributed by atoms with Crippen LogP contribution in [0.25, 0.3) is 10.9 Å². The Labute approximate surface area is 175 Å². The Morgan fingerprint density at radius 3 is 2.10 bits per heavy atom. The summed E-state index contributed by atoms with van der Waals surface area (Å²) in [5, 5.41) is 0.804. The average molecular weight is 407 g/mol. The normalized spacial score (nSPS) is 12.0. The fourth-order valence-electron chi connectivity index (χ4n) is 3.63. The molecule has 3 rings (SSSR count). The third-order valence-electron chi connectivity index (χ3n) is 5.01. The van der Waals surface area contributed by atoms with Crippen LogP contribution in [-0.2, 0) is 19.1 Å².